The third-order valence-electron chi connectivity index (χ3n) is 4.55. The zero-order valence-corrected chi connectivity index (χ0v) is 19.0. The zero-order chi connectivity index (χ0) is 19.9. The second kappa shape index (κ2) is 8.29. The van der Waals surface area contributed by atoms with Gasteiger partial charge < -0.3 is 18.9 Å². The van der Waals surface area contributed by atoms with E-state index in [-0.39, 0.29) is 10.7 Å². The summed E-state index contributed by atoms with van der Waals surface area (Å²) in [7, 11) is -3.64. The fourth-order valence-corrected chi connectivity index (χ4v) is 7.17. The van der Waals surface area contributed by atoms with Gasteiger partial charge in [0, 0.05) is 0 Å². The van der Waals surface area contributed by atoms with Crippen LogP contribution >= 0.6 is 23.5 Å². The molecule has 0 aromatic carbocycles. The summed E-state index contributed by atoms with van der Waals surface area (Å²) in [6.45, 7) is 7.71. The van der Waals surface area contributed by atoms with Crippen LogP contribution in [0.3, 0.4) is 0 Å². The Kier molecular flexibility index (Phi) is 6.80. The molecule has 0 aromatic rings. The van der Waals surface area contributed by atoms with Gasteiger partial charge in [-0.05, 0) is 52.0 Å². The van der Waals surface area contributed by atoms with Crippen molar-refractivity contribution in [3.8, 4) is 0 Å². The predicted octanol–water partition coefficient (Wildman–Crippen LogP) is 2.59. The molecule has 3 rings (SSSR count). The zero-order valence-electron chi connectivity index (χ0n) is 16.5. The van der Waals surface area contributed by atoms with Crippen molar-refractivity contribution in [2.24, 2.45) is 0 Å². The van der Waals surface area contributed by atoms with Gasteiger partial charge in [-0.1, -0.05) is 0 Å². The first-order valence-corrected chi connectivity index (χ1v) is 13.1. The molecule has 0 saturated carbocycles. The monoisotopic (exact) mass is 442 g/mol. The maximum Gasteiger partial charge on any atom is 0.264 e. The molecule has 0 aromatic heterocycles. The summed E-state index contributed by atoms with van der Waals surface area (Å²) in [5.41, 5.74) is 0. The first-order valence-electron chi connectivity index (χ1n) is 9.23. The van der Waals surface area contributed by atoms with Crippen LogP contribution < -0.4 is 0 Å². The lowest BCUT2D eigenvalue weighted by Gasteiger charge is -2.31. The SMILES string of the molecule is CC1(C)O[C@H]([C@H]2COC(C)(C)O2)[C@@H]([C@@H](CC2SCCCS2)OS(C)(=O)=O)O1. The van der Waals surface area contributed by atoms with Crippen LogP contribution in [-0.2, 0) is 33.2 Å². The molecule has 3 saturated heterocycles. The van der Waals surface area contributed by atoms with Crippen LogP contribution in [-0.4, -0.2) is 73.4 Å². The standard InChI is InChI=1S/C17H30O7S3/c1-16(2)20-10-12(21-16)15-14(22-17(3,4)23-15)11(24-27(5,18)19)9-13-25-7-6-8-26-13/h11-15H,6-10H2,1-5H3/t11-,12-,14-,15-/m1/s1. The lowest BCUT2D eigenvalue weighted by molar-refractivity contribution is -0.175. The van der Waals surface area contributed by atoms with Crippen molar-refractivity contribution in [3.63, 3.8) is 0 Å². The number of rotatable bonds is 6. The Labute approximate surface area is 170 Å². The summed E-state index contributed by atoms with van der Waals surface area (Å²) in [5.74, 6) is 0.604. The van der Waals surface area contributed by atoms with E-state index >= 15 is 0 Å². The summed E-state index contributed by atoms with van der Waals surface area (Å²) in [4.78, 5) is 0. The fourth-order valence-electron chi connectivity index (χ4n) is 3.58. The fraction of sp³-hybridized carbons (Fsp3) is 1.00. The molecule has 0 aliphatic carbocycles. The van der Waals surface area contributed by atoms with E-state index in [1.54, 1.807) is 0 Å². The van der Waals surface area contributed by atoms with Crippen molar-refractivity contribution in [3.05, 3.63) is 0 Å². The second-order valence-corrected chi connectivity index (χ2v) is 12.6. The van der Waals surface area contributed by atoms with E-state index in [4.69, 9.17) is 23.1 Å². The summed E-state index contributed by atoms with van der Waals surface area (Å²) < 4.78 is 53.6. The Morgan fingerprint density at radius 3 is 2.30 bits per heavy atom. The molecule has 0 spiro atoms. The largest absolute Gasteiger partial charge is 0.348 e. The maximum absolute atomic E-state index is 11.9. The van der Waals surface area contributed by atoms with Gasteiger partial charge in [-0.15, -0.1) is 23.5 Å². The molecule has 27 heavy (non-hydrogen) atoms. The molecular formula is C17H30O7S3. The van der Waals surface area contributed by atoms with Gasteiger partial charge in [-0.2, -0.15) is 8.42 Å². The molecule has 0 bridgehead atoms. The highest BCUT2D eigenvalue weighted by Gasteiger charge is 2.53. The van der Waals surface area contributed by atoms with Gasteiger partial charge in [0.2, 0.25) is 0 Å². The summed E-state index contributed by atoms with van der Waals surface area (Å²) in [6.07, 6.45) is 0.818. The van der Waals surface area contributed by atoms with Crippen LogP contribution in [0.4, 0.5) is 0 Å². The summed E-state index contributed by atoms with van der Waals surface area (Å²) in [6, 6.07) is 0. The Hall–Kier alpha value is 0.450. The lowest BCUT2D eigenvalue weighted by Crippen LogP contribution is -2.46. The second-order valence-electron chi connectivity index (χ2n) is 8.03. The van der Waals surface area contributed by atoms with E-state index in [0.717, 1.165) is 17.8 Å². The summed E-state index contributed by atoms with van der Waals surface area (Å²) in [5, 5.41) is 0. The molecule has 3 fully saturated rings. The quantitative estimate of drug-likeness (QED) is 0.577. The van der Waals surface area contributed by atoms with Gasteiger partial charge in [-0.3, -0.25) is 4.18 Å². The molecule has 7 nitrogen and oxygen atoms in total. The van der Waals surface area contributed by atoms with Gasteiger partial charge in [0.1, 0.15) is 24.4 Å². The van der Waals surface area contributed by atoms with Gasteiger partial charge in [0.15, 0.2) is 11.6 Å². The Morgan fingerprint density at radius 1 is 1.07 bits per heavy atom. The van der Waals surface area contributed by atoms with E-state index in [1.165, 1.54) is 6.42 Å². The van der Waals surface area contributed by atoms with E-state index in [0.29, 0.717) is 13.0 Å². The minimum Gasteiger partial charge on any atom is -0.348 e. The molecule has 0 amide bonds. The van der Waals surface area contributed by atoms with Crippen LogP contribution in [0.25, 0.3) is 0 Å². The minimum atomic E-state index is -3.64. The Balaban J connectivity index is 1.80. The van der Waals surface area contributed by atoms with Crippen molar-refractivity contribution < 1.29 is 31.5 Å². The molecule has 10 heteroatoms. The highest BCUT2D eigenvalue weighted by molar-refractivity contribution is 8.17. The van der Waals surface area contributed by atoms with Gasteiger partial charge >= 0.3 is 0 Å². The van der Waals surface area contributed by atoms with Crippen molar-refractivity contribution in [1.29, 1.82) is 0 Å². The maximum atomic E-state index is 11.9. The number of hydrogen-bond acceptors (Lipinski definition) is 9. The van der Waals surface area contributed by atoms with Gasteiger partial charge in [0.05, 0.1) is 17.4 Å². The van der Waals surface area contributed by atoms with Crippen LogP contribution in [0.1, 0.15) is 40.5 Å². The first-order chi connectivity index (χ1) is 12.4. The lowest BCUT2D eigenvalue weighted by atomic mass is 10.0. The number of ether oxygens (including phenoxy) is 4. The number of thioether (sulfide) groups is 2. The molecule has 0 radical (unpaired) electrons. The van der Waals surface area contributed by atoms with E-state index in [9.17, 15) is 8.42 Å². The van der Waals surface area contributed by atoms with E-state index < -0.39 is 40.0 Å². The topological polar surface area (TPSA) is 80.3 Å². The first kappa shape index (κ1) is 22.1. The highest BCUT2D eigenvalue weighted by atomic mass is 32.2. The van der Waals surface area contributed by atoms with Crippen LogP contribution in [0.15, 0.2) is 0 Å². The van der Waals surface area contributed by atoms with Crippen molar-refractivity contribution in [2.75, 3.05) is 24.4 Å². The van der Waals surface area contributed by atoms with Crippen molar-refractivity contribution in [2.45, 2.75) is 81.1 Å². The Bertz CT molecular complexity index is 616. The molecule has 158 valence electrons. The minimum absolute atomic E-state index is 0.274. The molecule has 3 aliphatic rings. The van der Waals surface area contributed by atoms with E-state index in [1.807, 2.05) is 51.2 Å². The average Bonchev–Trinajstić information content (AvgIpc) is 3.05. The van der Waals surface area contributed by atoms with Gasteiger partial charge in [0.25, 0.3) is 10.1 Å². The molecule has 3 heterocycles. The van der Waals surface area contributed by atoms with Gasteiger partial charge in [-0.25, -0.2) is 0 Å². The predicted molar refractivity (Wildman–Crippen MR) is 106 cm³/mol. The van der Waals surface area contributed by atoms with E-state index in [2.05, 4.69) is 0 Å². The third kappa shape index (κ3) is 6.21. The molecular weight excluding hydrogens is 412 g/mol. The highest BCUT2D eigenvalue weighted by Crippen LogP contribution is 2.41. The van der Waals surface area contributed by atoms with Crippen LogP contribution in [0.5, 0.6) is 0 Å². The normalized spacial score (nSPS) is 35.4. The molecule has 0 N–H and O–H groups in total. The van der Waals surface area contributed by atoms with Crippen LogP contribution in [0, 0.1) is 0 Å². The molecule has 3 aliphatic heterocycles. The van der Waals surface area contributed by atoms with Crippen molar-refractivity contribution >= 4 is 33.6 Å². The Morgan fingerprint density at radius 2 is 1.74 bits per heavy atom. The third-order valence-corrected chi connectivity index (χ3v) is 8.14. The smallest absolute Gasteiger partial charge is 0.264 e. The van der Waals surface area contributed by atoms with Crippen molar-refractivity contribution in [1.82, 2.24) is 0 Å². The van der Waals surface area contributed by atoms with Crippen LogP contribution in [0.2, 0.25) is 0 Å². The number of hydrogen-bond donors (Lipinski definition) is 0. The molecule has 4 atom stereocenters. The molecule has 0 unspecified atom stereocenters. The average molecular weight is 443 g/mol. The summed E-state index contributed by atoms with van der Waals surface area (Å²) >= 11 is 3.69.